The average Bonchev–Trinajstić information content (AvgIpc) is 2.97. The van der Waals surface area contributed by atoms with Crippen molar-refractivity contribution < 1.29 is 0 Å². The predicted octanol–water partition coefficient (Wildman–Crippen LogP) is 3.78. The number of hydrogen-bond donors (Lipinski definition) is 1. The number of aromatic nitrogens is 1. The Bertz CT molecular complexity index is 859. The Kier molecular flexibility index (Phi) is 2.90. The monoisotopic (exact) mass is 362 g/mol. The van der Waals surface area contributed by atoms with Gasteiger partial charge in [-0.05, 0) is 0 Å². The summed E-state index contributed by atoms with van der Waals surface area (Å²) in [6.45, 7) is 0. The average molecular weight is 363 g/mol. The Balaban J connectivity index is 1.69. The summed E-state index contributed by atoms with van der Waals surface area (Å²) in [6.07, 6.45) is 1.96. The van der Waals surface area contributed by atoms with E-state index in [0.29, 0.717) is 0 Å². The Labute approximate surface area is 130 Å². The molecule has 0 spiro atoms. The number of thiazole rings is 1. The van der Waals surface area contributed by atoms with Crippen LogP contribution in [0, 0.1) is 0 Å². The van der Waals surface area contributed by atoms with Gasteiger partial charge in [0.25, 0.3) is 8.11 Å². The van der Waals surface area contributed by atoms with Crippen LogP contribution >= 0.6 is 68.4 Å². The molecule has 0 amide bonds. The third kappa shape index (κ3) is 2.22. The van der Waals surface area contributed by atoms with Crippen LogP contribution in [0.4, 0.5) is 5.00 Å². The van der Waals surface area contributed by atoms with Crippen molar-refractivity contribution in [1.82, 2.24) is 4.98 Å². The van der Waals surface area contributed by atoms with E-state index in [1.807, 2.05) is 6.08 Å². The van der Waals surface area contributed by atoms with E-state index in [1.54, 1.807) is 11.8 Å². The molecule has 0 bridgehead atoms. The molecule has 1 N–H and O–H groups in total. The maximum Gasteiger partial charge on any atom is 0.290 e. The lowest BCUT2D eigenvalue weighted by Gasteiger charge is -1.94. The number of thioether (sulfide) groups is 1. The van der Waals surface area contributed by atoms with Crippen molar-refractivity contribution in [2.45, 2.75) is 4.21 Å². The quantitative estimate of drug-likeness (QED) is 0.714. The molecule has 0 radical (unpaired) electrons. The first kappa shape index (κ1) is 12.2. The van der Waals surface area contributed by atoms with Crippen molar-refractivity contribution in [3.05, 3.63) is 27.7 Å². The zero-order valence-electron chi connectivity index (χ0n) is 8.79. The lowest BCUT2D eigenvalue weighted by molar-refractivity contribution is 1.49. The first-order valence-corrected chi connectivity index (χ1v) is 9.78. The van der Waals surface area contributed by atoms with Gasteiger partial charge in [0, 0.05) is 6.08 Å². The summed E-state index contributed by atoms with van der Waals surface area (Å²) in [5.41, 5.74) is 0. The van der Waals surface area contributed by atoms with E-state index in [2.05, 4.69) is 10.3 Å². The molecule has 0 unspecified atom stereocenters. The zero-order chi connectivity index (χ0) is 13.0. The summed E-state index contributed by atoms with van der Waals surface area (Å²) >= 11 is 8.02. The Morgan fingerprint density at radius 2 is 1.84 bits per heavy atom. The van der Waals surface area contributed by atoms with Gasteiger partial charge in [-0.1, -0.05) is 57.1 Å². The maximum absolute atomic E-state index is 11.2. The van der Waals surface area contributed by atoms with Gasteiger partial charge in [0.2, 0.25) is 0 Å². The molecule has 0 saturated carbocycles. The highest BCUT2D eigenvalue weighted by Crippen LogP contribution is 2.46. The Morgan fingerprint density at radius 1 is 1.00 bits per heavy atom. The summed E-state index contributed by atoms with van der Waals surface area (Å²) in [6, 6.07) is 0. The molecule has 0 saturated heterocycles. The van der Waals surface area contributed by atoms with Gasteiger partial charge in [0.05, 0.1) is 5.03 Å². The van der Waals surface area contributed by atoms with Crippen LogP contribution in [0.5, 0.6) is 0 Å². The molecule has 19 heavy (non-hydrogen) atoms. The lowest BCUT2D eigenvalue weighted by Crippen LogP contribution is -1.87. The molecule has 4 rings (SSSR count). The smallest absolute Gasteiger partial charge is 0.290 e. The number of hydrogen-bond acceptors (Lipinski definition) is 10. The van der Waals surface area contributed by atoms with E-state index in [9.17, 15) is 9.59 Å². The number of fused-ring (bicyclic) bond motifs is 2. The normalized spacial score (nSPS) is 16.1. The van der Waals surface area contributed by atoms with E-state index in [4.69, 9.17) is 0 Å². The minimum Gasteiger partial charge on any atom is -0.340 e. The molecule has 0 fully saturated rings. The highest BCUT2D eigenvalue weighted by Gasteiger charge is 2.20. The van der Waals surface area contributed by atoms with Crippen molar-refractivity contribution >= 4 is 88.4 Å². The minimum absolute atomic E-state index is 0.0910. The largest absolute Gasteiger partial charge is 0.340 e. The molecule has 4 heterocycles. The SMILES string of the molecule is O=c1sc2c(s1)S/C(=C\c1nc3sc(=O)sc3s1)N2. The van der Waals surface area contributed by atoms with Crippen molar-refractivity contribution in [2.24, 2.45) is 0 Å². The Morgan fingerprint density at radius 3 is 2.63 bits per heavy atom. The molecule has 3 aromatic rings. The standard InChI is InChI=1S/C9H2N2O2S6/c12-8-16-4-6(18-8)14-2(10-4)1-3-11-5-7(15-3)19-9(13)17-5/h1,10H/b2-1-. The number of rotatable bonds is 1. The van der Waals surface area contributed by atoms with Crippen molar-refractivity contribution in [3.63, 3.8) is 0 Å². The van der Waals surface area contributed by atoms with Gasteiger partial charge in [-0.2, -0.15) is 0 Å². The number of nitrogens with zero attached hydrogens (tertiary/aromatic N) is 1. The van der Waals surface area contributed by atoms with Gasteiger partial charge in [0.15, 0.2) is 0 Å². The maximum atomic E-state index is 11.2. The second-order valence-corrected chi connectivity index (χ2v) is 10.4. The minimum atomic E-state index is 0.0910. The second kappa shape index (κ2) is 4.50. The predicted molar refractivity (Wildman–Crippen MR) is 87.6 cm³/mol. The van der Waals surface area contributed by atoms with Gasteiger partial charge in [-0.3, -0.25) is 9.59 Å². The van der Waals surface area contributed by atoms with E-state index in [1.165, 1.54) is 56.7 Å². The summed E-state index contributed by atoms with van der Waals surface area (Å²) in [4.78, 5) is 27.6. The van der Waals surface area contributed by atoms with Crippen LogP contribution in [0.15, 0.2) is 18.8 Å². The van der Waals surface area contributed by atoms with Crippen LogP contribution < -0.4 is 13.4 Å². The van der Waals surface area contributed by atoms with Crippen molar-refractivity contribution in [3.8, 4) is 0 Å². The Hall–Kier alpha value is -0.520. The van der Waals surface area contributed by atoms with Gasteiger partial charge in [-0.15, -0.1) is 11.3 Å². The summed E-state index contributed by atoms with van der Waals surface area (Å²) in [5, 5.41) is 6.00. The first-order chi connectivity index (χ1) is 9.17. The fourth-order valence-corrected chi connectivity index (χ4v) is 8.33. The van der Waals surface area contributed by atoms with Crippen LogP contribution in [0.2, 0.25) is 0 Å². The van der Waals surface area contributed by atoms with Crippen LogP contribution in [0.3, 0.4) is 0 Å². The van der Waals surface area contributed by atoms with E-state index in [0.717, 1.165) is 28.1 Å². The molecule has 10 heteroatoms. The number of anilines is 1. The van der Waals surface area contributed by atoms with Crippen LogP contribution in [0.1, 0.15) is 5.01 Å². The van der Waals surface area contributed by atoms with Gasteiger partial charge < -0.3 is 5.32 Å². The van der Waals surface area contributed by atoms with Crippen LogP contribution in [-0.4, -0.2) is 4.98 Å². The molecule has 3 aromatic heterocycles. The van der Waals surface area contributed by atoms with Crippen LogP contribution in [-0.2, 0) is 0 Å². The highest BCUT2D eigenvalue weighted by atomic mass is 32.2. The summed E-state index contributed by atoms with van der Waals surface area (Å²) < 4.78 is 2.20. The van der Waals surface area contributed by atoms with E-state index >= 15 is 0 Å². The summed E-state index contributed by atoms with van der Waals surface area (Å²) in [5.74, 6) is 0. The third-order valence-electron chi connectivity index (χ3n) is 2.18. The van der Waals surface area contributed by atoms with Crippen LogP contribution in [0.25, 0.3) is 14.9 Å². The molecule has 4 nitrogen and oxygen atoms in total. The molecule has 0 atom stereocenters. The van der Waals surface area contributed by atoms with E-state index < -0.39 is 0 Å². The van der Waals surface area contributed by atoms with Crippen molar-refractivity contribution in [2.75, 3.05) is 5.32 Å². The summed E-state index contributed by atoms with van der Waals surface area (Å²) in [7, 11) is 0. The zero-order valence-corrected chi connectivity index (χ0v) is 13.7. The highest BCUT2D eigenvalue weighted by molar-refractivity contribution is 8.05. The molecular formula is C9H2N2O2S6. The molecular weight excluding hydrogens is 361 g/mol. The molecule has 0 aromatic carbocycles. The van der Waals surface area contributed by atoms with Gasteiger partial charge in [-0.25, -0.2) is 4.98 Å². The topological polar surface area (TPSA) is 59.1 Å². The second-order valence-electron chi connectivity index (χ2n) is 3.41. The van der Waals surface area contributed by atoms with Gasteiger partial charge in [0.1, 0.15) is 23.1 Å². The first-order valence-electron chi connectivity index (χ1n) is 4.88. The van der Waals surface area contributed by atoms with Gasteiger partial charge >= 0.3 is 0 Å². The molecule has 1 aliphatic heterocycles. The third-order valence-corrected chi connectivity index (χ3v) is 8.76. The molecule has 1 aliphatic rings. The van der Waals surface area contributed by atoms with Crippen molar-refractivity contribution in [1.29, 1.82) is 0 Å². The molecule has 96 valence electrons. The number of nitrogens with one attached hydrogen (secondary N) is 1. The molecule has 0 aliphatic carbocycles. The van der Waals surface area contributed by atoms with E-state index in [-0.39, 0.29) is 8.11 Å². The fourth-order valence-electron chi connectivity index (χ4n) is 1.50. The fraction of sp³-hybridized carbons (Fsp3) is 0. The lowest BCUT2D eigenvalue weighted by atomic mass is 10.6.